The van der Waals surface area contributed by atoms with Gasteiger partial charge in [0.05, 0.1) is 11.3 Å². The Morgan fingerprint density at radius 1 is 1.14 bits per heavy atom. The van der Waals surface area contributed by atoms with Crippen molar-refractivity contribution in [2.45, 2.75) is 25.8 Å². The summed E-state index contributed by atoms with van der Waals surface area (Å²) < 4.78 is 0. The van der Waals surface area contributed by atoms with Crippen molar-refractivity contribution in [3.8, 4) is 0 Å². The van der Waals surface area contributed by atoms with Crippen LogP contribution < -0.4 is 16.4 Å². The molecule has 1 fully saturated rings. The lowest BCUT2D eigenvalue weighted by Crippen LogP contribution is -2.26. The number of anilines is 3. The fourth-order valence-electron chi connectivity index (χ4n) is 2.14. The van der Waals surface area contributed by atoms with Crippen molar-refractivity contribution < 1.29 is 4.79 Å². The predicted octanol–water partition coefficient (Wildman–Crippen LogP) is 3.21. The van der Waals surface area contributed by atoms with Crippen LogP contribution in [0.3, 0.4) is 0 Å². The van der Waals surface area contributed by atoms with Gasteiger partial charge >= 0.3 is 0 Å². The minimum atomic E-state index is -0.0700. The number of amides is 1. The highest BCUT2D eigenvalue weighted by atomic mass is 16.1. The first kappa shape index (κ1) is 13.5. The van der Waals surface area contributed by atoms with E-state index in [9.17, 15) is 4.79 Å². The number of hydrogen-bond acceptors (Lipinski definition) is 3. The van der Waals surface area contributed by atoms with Crippen LogP contribution in [0.2, 0.25) is 0 Å². The van der Waals surface area contributed by atoms with Crippen molar-refractivity contribution >= 4 is 23.0 Å². The molecule has 0 spiro atoms. The zero-order chi connectivity index (χ0) is 14.8. The second-order valence-electron chi connectivity index (χ2n) is 5.54. The molecule has 0 atom stereocenters. The Hall–Kier alpha value is -2.49. The zero-order valence-corrected chi connectivity index (χ0v) is 12.0. The molecule has 0 unspecified atom stereocenters. The molecule has 0 aromatic heterocycles. The van der Waals surface area contributed by atoms with Gasteiger partial charge in [0.25, 0.3) is 5.91 Å². The minimum absolute atomic E-state index is 0.0700. The average molecular weight is 281 g/mol. The van der Waals surface area contributed by atoms with Gasteiger partial charge in [-0.25, -0.2) is 0 Å². The minimum Gasteiger partial charge on any atom is -0.399 e. The first-order valence-electron chi connectivity index (χ1n) is 7.16. The second kappa shape index (κ2) is 5.48. The van der Waals surface area contributed by atoms with E-state index in [-0.39, 0.29) is 5.91 Å². The van der Waals surface area contributed by atoms with E-state index in [2.05, 4.69) is 10.6 Å². The van der Waals surface area contributed by atoms with E-state index in [1.54, 1.807) is 12.1 Å². The monoisotopic (exact) mass is 281 g/mol. The van der Waals surface area contributed by atoms with E-state index in [4.69, 9.17) is 5.73 Å². The van der Waals surface area contributed by atoms with Crippen LogP contribution in [0.15, 0.2) is 42.5 Å². The van der Waals surface area contributed by atoms with Crippen LogP contribution in [0.5, 0.6) is 0 Å². The summed E-state index contributed by atoms with van der Waals surface area (Å²) in [6.45, 7) is 2.04. The number of nitrogen functional groups attached to an aromatic ring is 1. The topological polar surface area (TPSA) is 67.1 Å². The van der Waals surface area contributed by atoms with E-state index < -0.39 is 0 Å². The highest BCUT2D eigenvalue weighted by Gasteiger charge is 2.25. The van der Waals surface area contributed by atoms with Crippen molar-refractivity contribution in [2.75, 3.05) is 11.1 Å². The summed E-state index contributed by atoms with van der Waals surface area (Å²) in [6.07, 6.45) is 2.13. The van der Waals surface area contributed by atoms with Gasteiger partial charge in [-0.1, -0.05) is 17.7 Å². The first-order chi connectivity index (χ1) is 10.1. The molecule has 0 radical (unpaired) electrons. The Kier molecular flexibility index (Phi) is 3.52. The van der Waals surface area contributed by atoms with Gasteiger partial charge in [0.2, 0.25) is 0 Å². The highest BCUT2D eigenvalue weighted by Crippen LogP contribution is 2.25. The quantitative estimate of drug-likeness (QED) is 0.754. The van der Waals surface area contributed by atoms with Crippen molar-refractivity contribution in [1.29, 1.82) is 0 Å². The Morgan fingerprint density at radius 3 is 2.52 bits per heavy atom. The lowest BCUT2D eigenvalue weighted by atomic mass is 10.1. The van der Waals surface area contributed by atoms with Crippen molar-refractivity contribution in [3.05, 3.63) is 53.6 Å². The molecular weight excluding hydrogens is 262 g/mol. The molecule has 4 heteroatoms. The third-order valence-electron chi connectivity index (χ3n) is 3.53. The molecule has 0 aliphatic heterocycles. The average Bonchev–Trinajstić information content (AvgIpc) is 3.27. The number of hydrogen-bond donors (Lipinski definition) is 3. The van der Waals surface area contributed by atoms with E-state index in [1.807, 2.05) is 37.3 Å². The Morgan fingerprint density at radius 2 is 1.86 bits per heavy atom. The van der Waals surface area contributed by atoms with Crippen LogP contribution in [0.4, 0.5) is 17.1 Å². The van der Waals surface area contributed by atoms with Gasteiger partial charge in [0.15, 0.2) is 0 Å². The first-order valence-corrected chi connectivity index (χ1v) is 7.16. The largest absolute Gasteiger partial charge is 0.399 e. The number of nitrogens with two attached hydrogens (primary N) is 1. The Labute approximate surface area is 124 Å². The van der Waals surface area contributed by atoms with E-state index in [0.717, 1.165) is 24.2 Å². The molecule has 1 aliphatic rings. The van der Waals surface area contributed by atoms with Crippen LogP contribution in [0.25, 0.3) is 0 Å². The highest BCUT2D eigenvalue weighted by molar-refractivity contribution is 6.01. The number of carbonyl (C=O) groups excluding carboxylic acids is 1. The maximum absolute atomic E-state index is 12.3. The normalized spacial score (nSPS) is 13.8. The van der Waals surface area contributed by atoms with E-state index >= 15 is 0 Å². The molecule has 2 aromatic rings. The molecule has 0 saturated heterocycles. The summed E-state index contributed by atoms with van der Waals surface area (Å²) in [5.74, 6) is -0.0700. The van der Waals surface area contributed by atoms with Crippen LogP contribution in [0.1, 0.15) is 28.8 Å². The molecule has 3 rings (SSSR count). The number of benzene rings is 2. The molecule has 4 nitrogen and oxygen atoms in total. The van der Waals surface area contributed by atoms with Gasteiger partial charge in [-0.05, 0) is 50.1 Å². The van der Waals surface area contributed by atoms with Gasteiger partial charge in [-0.3, -0.25) is 4.79 Å². The molecular formula is C17H19N3O. The number of nitrogens with one attached hydrogen (secondary N) is 2. The molecule has 1 saturated carbocycles. The third-order valence-corrected chi connectivity index (χ3v) is 3.53. The molecule has 21 heavy (non-hydrogen) atoms. The van der Waals surface area contributed by atoms with Crippen LogP contribution in [-0.2, 0) is 0 Å². The second-order valence-corrected chi connectivity index (χ2v) is 5.54. The summed E-state index contributed by atoms with van der Waals surface area (Å²) in [7, 11) is 0. The summed E-state index contributed by atoms with van der Waals surface area (Å²) >= 11 is 0. The predicted molar refractivity (Wildman–Crippen MR) is 85.8 cm³/mol. The number of rotatable bonds is 4. The van der Waals surface area contributed by atoms with E-state index in [0.29, 0.717) is 17.3 Å². The van der Waals surface area contributed by atoms with Crippen LogP contribution >= 0.6 is 0 Å². The summed E-state index contributed by atoms with van der Waals surface area (Å²) in [5, 5.41) is 6.28. The molecule has 1 aliphatic carbocycles. The number of aryl methyl sites for hydroxylation is 1. The Bertz CT molecular complexity index is 660. The zero-order valence-electron chi connectivity index (χ0n) is 12.0. The van der Waals surface area contributed by atoms with Gasteiger partial charge in [-0.2, -0.15) is 0 Å². The molecule has 0 bridgehead atoms. The Balaban J connectivity index is 1.86. The maximum Gasteiger partial charge on any atom is 0.253 e. The SMILES string of the molecule is Cc1ccc(Nc2ccc(N)cc2C(=O)NC2CC2)cc1. The van der Waals surface area contributed by atoms with Crippen molar-refractivity contribution in [2.24, 2.45) is 0 Å². The summed E-state index contributed by atoms with van der Waals surface area (Å²) in [6, 6.07) is 13.7. The molecule has 108 valence electrons. The van der Waals surface area contributed by atoms with E-state index in [1.165, 1.54) is 5.56 Å². The number of carbonyl (C=O) groups is 1. The molecule has 4 N–H and O–H groups in total. The lowest BCUT2D eigenvalue weighted by molar-refractivity contribution is 0.0952. The van der Waals surface area contributed by atoms with Gasteiger partial charge in [0.1, 0.15) is 0 Å². The maximum atomic E-state index is 12.3. The smallest absolute Gasteiger partial charge is 0.253 e. The van der Waals surface area contributed by atoms with Gasteiger partial charge in [0, 0.05) is 17.4 Å². The van der Waals surface area contributed by atoms with Crippen molar-refractivity contribution in [1.82, 2.24) is 5.32 Å². The van der Waals surface area contributed by atoms with Gasteiger partial charge in [-0.15, -0.1) is 0 Å². The summed E-state index contributed by atoms with van der Waals surface area (Å²) in [5.41, 5.74) is 9.91. The molecule has 0 heterocycles. The standard InChI is InChI=1S/C17H19N3O/c1-11-2-5-13(6-3-11)19-16-9-4-12(18)10-15(16)17(21)20-14-7-8-14/h2-6,9-10,14,19H,7-8,18H2,1H3,(H,20,21). The van der Waals surface area contributed by atoms with Gasteiger partial charge < -0.3 is 16.4 Å². The summed E-state index contributed by atoms with van der Waals surface area (Å²) in [4.78, 5) is 12.3. The lowest BCUT2D eigenvalue weighted by Gasteiger charge is -2.13. The van der Waals surface area contributed by atoms with Crippen molar-refractivity contribution in [3.63, 3.8) is 0 Å². The van der Waals surface area contributed by atoms with Crippen LogP contribution in [-0.4, -0.2) is 11.9 Å². The molecule has 2 aromatic carbocycles. The molecule has 1 amide bonds. The fourth-order valence-corrected chi connectivity index (χ4v) is 2.14. The fraction of sp³-hybridized carbons (Fsp3) is 0.235. The third kappa shape index (κ3) is 3.34. The van der Waals surface area contributed by atoms with Crippen LogP contribution in [0, 0.1) is 6.92 Å².